The molecular weight excluding hydrogens is 280 g/mol. The first-order valence-electron chi connectivity index (χ1n) is 7.25. The number of rotatable bonds is 5. The maximum Gasteiger partial charge on any atom is 0.224 e. The predicted molar refractivity (Wildman–Crippen MR) is 83.4 cm³/mol. The molecule has 0 spiro atoms. The lowest BCUT2D eigenvalue weighted by Gasteiger charge is -2.33. The SMILES string of the molecule is O=CN1CCN(c2ccnc(NCc3cccnc3)n2)CC1. The number of nitrogens with zero attached hydrogens (tertiary/aromatic N) is 5. The van der Waals surface area contributed by atoms with Crippen LogP contribution >= 0.6 is 0 Å². The number of anilines is 2. The van der Waals surface area contributed by atoms with Gasteiger partial charge >= 0.3 is 0 Å². The summed E-state index contributed by atoms with van der Waals surface area (Å²) in [5.74, 6) is 1.48. The minimum absolute atomic E-state index is 0.596. The van der Waals surface area contributed by atoms with Gasteiger partial charge in [0.15, 0.2) is 0 Å². The van der Waals surface area contributed by atoms with Crippen LogP contribution in [0.4, 0.5) is 11.8 Å². The molecule has 3 rings (SSSR count). The molecule has 1 amide bonds. The van der Waals surface area contributed by atoms with E-state index in [-0.39, 0.29) is 0 Å². The molecule has 0 atom stereocenters. The second kappa shape index (κ2) is 6.84. The molecule has 1 N–H and O–H groups in total. The largest absolute Gasteiger partial charge is 0.353 e. The van der Waals surface area contributed by atoms with Crippen molar-refractivity contribution >= 4 is 18.2 Å². The van der Waals surface area contributed by atoms with E-state index in [4.69, 9.17) is 0 Å². The maximum atomic E-state index is 10.7. The van der Waals surface area contributed by atoms with Crippen molar-refractivity contribution in [3.8, 4) is 0 Å². The lowest BCUT2D eigenvalue weighted by molar-refractivity contribution is -0.118. The minimum atomic E-state index is 0.596. The summed E-state index contributed by atoms with van der Waals surface area (Å²) in [5, 5.41) is 3.20. The van der Waals surface area contributed by atoms with Crippen LogP contribution in [0.15, 0.2) is 36.8 Å². The fourth-order valence-electron chi connectivity index (χ4n) is 2.35. The summed E-state index contributed by atoms with van der Waals surface area (Å²) in [4.78, 5) is 27.5. The summed E-state index contributed by atoms with van der Waals surface area (Å²) in [7, 11) is 0. The molecule has 0 aliphatic carbocycles. The van der Waals surface area contributed by atoms with Gasteiger partial charge in [-0.15, -0.1) is 0 Å². The van der Waals surface area contributed by atoms with Crippen molar-refractivity contribution in [1.29, 1.82) is 0 Å². The van der Waals surface area contributed by atoms with Crippen LogP contribution < -0.4 is 10.2 Å². The first-order chi connectivity index (χ1) is 10.8. The quantitative estimate of drug-likeness (QED) is 0.822. The normalized spacial score (nSPS) is 14.7. The lowest BCUT2D eigenvalue weighted by Crippen LogP contribution is -2.46. The molecule has 0 unspecified atom stereocenters. The van der Waals surface area contributed by atoms with Gasteiger partial charge in [0.2, 0.25) is 12.4 Å². The Morgan fingerprint density at radius 2 is 2.05 bits per heavy atom. The topological polar surface area (TPSA) is 74.2 Å². The summed E-state index contributed by atoms with van der Waals surface area (Å²) < 4.78 is 0. The van der Waals surface area contributed by atoms with Gasteiger partial charge in [0.25, 0.3) is 0 Å². The number of nitrogens with one attached hydrogen (secondary N) is 1. The number of carbonyl (C=O) groups is 1. The highest BCUT2D eigenvalue weighted by atomic mass is 16.1. The highest BCUT2D eigenvalue weighted by Crippen LogP contribution is 2.14. The van der Waals surface area contributed by atoms with E-state index in [1.807, 2.05) is 24.4 Å². The van der Waals surface area contributed by atoms with Crippen LogP contribution in [0.3, 0.4) is 0 Å². The lowest BCUT2D eigenvalue weighted by atomic mass is 10.3. The Labute approximate surface area is 129 Å². The van der Waals surface area contributed by atoms with Gasteiger partial charge in [-0.1, -0.05) is 6.07 Å². The summed E-state index contributed by atoms with van der Waals surface area (Å²) in [6.07, 6.45) is 6.22. The second-order valence-corrected chi connectivity index (χ2v) is 5.08. The molecule has 1 fully saturated rings. The van der Waals surface area contributed by atoms with E-state index in [1.54, 1.807) is 17.3 Å². The molecule has 2 aromatic heterocycles. The molecule has 0 bridgehead atoms. The second-order valence-electron chi connectivity index (χ2n) is 5.08. The predicted octanol–water partition coefficient (Wildman–Crippen LogP) is 0.762. The zero-order valence-corrected chi connectivity index (χ0v) is 12.2. The van der Waals surface area contributed by atoms with Crippen LogP contribution in [-0.2, 0) is 11.3 Å². The summed E-state index contributed by atoms with van der Waals surface area (Å²) in [6.45, 7) is 3.67. The fraction of sp³-hybridized carbons (Fsp3) is 0.333. The van der Waals surface area contributed by atoms with Gasteiger partial charge in [0.1, 0.15) is 5.82 Å². The Morgan fingerprint density at radius 1 is 1.18 bits per heavy atom. The highest BCUT2D eigenvalue weighted by Gasteiger charge is 2.16. The third kappa shape index (κ3) is 3.49. The first kappa shape index (κ1) is 14.2. The van der Waals surface area contributed by atoms with Crippen LogP contribution in [0, 0.1) is 0 Å². The Hall–Kier alpha value is -2.70. The molecule has 0 aromatic carbocycles. The zero-order valence-electron chi connectivity index (χ0n) is 12.2. The maximum absolute atomic E-state index is 10.7. The summed E-state index contributed by atoms with van der Waals surface area (Å²) in [6, 6.07) is 5.80. The smallest absolute Gasteiger partial charge is 0.224 e. The average molecular weight is 298 g/mol. The average Bonchev–Trinajstić information content (AvgIpc) is 2.61. The Balaban J connectivity index is 1.61. The molecular formula is C15H18N6O. The van der Waals surface area contributed by atoms with E-state index in [0.717, 1.165) is 44.0 Å². The molecule has 1 aliphatic rings. The van der Waals surface area contributed by atoms with Gasteiger partial charge in [0, 0.05) is 51.3 Å². The van der Waals surface area contributed by atoms with E-state index < -0.39 is 0 Å². The summed E-state index contributed by atoms with van der Waals surface area (Å²) >= 11 is 0. The van der Waals surface area contributed by atoms with Crippen molar-refractivity contribution in [2.24, 2.45) is 0 Å². The molecule has 7 nitrogen and oxygen atoms in total. The minimum Gasteiger partial charge on any atom is -0.353 e. The van der Waals surface area contributed by atoms with Crippen LogP contribution in [-0.4, -0.2) is 52.4 Å². The Morgan fingerprint density at radius 3 is 2.77 bits per heavy atom. The van der Waals surface area contributed by atoms with Gasteiger partial charge in [-0.3, -0.25) is 9.78 Å². The first-order valence-corrected chi connectivity index (χ1v) is 7.25. The van der Waals surface area contributed by atoms with E-state index in [2.05, 4.69) is 25.2 Å². The third-order valence-corrected chi connectivity index (χ3v) is 3.60. The number of piperazine rings is 1. The van der Waals surface area contributed by atoms with Gasteiger partial charge in [0.05, 0.1) is 0 Å². The van der Waals surface area contributed by atoms with Crippen molar-refractivity contribution < 1.29 is 4.79 Å². The molecule has 7 heteroatoms. The van der Waals surface area contributed by atoms with Gasteiger partial charge < -0.3 is 15.1 Å². The number of hydrogen-bond donors (Lipinski definition) is 1. The monoisotopic (exact) mass is 298 g/mol. The number of amides is 1. The molecule has 3 heterocycles. The summed E-state index contributed by atoms with van der Waals surface area (Å²) in [5.41, 5.74) is 1.08. The van der Waals surface area contributed by atoms with Crippen molar-refractivity contribution in [2.45, 2.75) is 6.54 Å². The van der Waals surface area contributed by atoms with Crippen molar-refractivity contribution in [3.63, 3.8) is 0 Å². The van der Waals surface area contributed by atoms with Gasteiger partial charge in [-0.25, -0.2) is 4.98 Å². The molecule has 114 valence electrons. The standard InChI is InChI=1S/C15H18N6O/c22-12-20-6-8-21(9-7-20)14-3-5-17-15(19-14)18-11-13-2-1-4-16-10-13/h1-5,10,12H,6-9,11H2,(H,17,18,19). The molecule has 1 aliphatic heterocycles. The van der Waals surface area contributed by atoms with Gasteiger partial charge in [-0.2, -0.15) is 4.98 Å². The van der Waals surface area contributed by atoms with Crippen LogP contribution in [0.5, 0.6) is 0 Å². The number of carbonyl (C=O) groups excluding carboxylic acids is 1. The zero-order chi connectivity index (χ0) is 15.2. The number of aromatic nitrogens is 3. The van der Waals surface area contributed by atoms with E-state index >= 15 is 0 Å². The fourth-order valence-corrected chi connectivity index (χ4v) is 2.35. The van der Waals surface area contributed by atoms with Crippen LogP contribution in [0.2, 0.25) is 0 Å². The molecule has 0 saturated carbocycles. The number of pyridine rings is 1. The molecule has 22 heavy (non-hydrogen) atoms. The van der Waals surface area contributed by atoms with E-state index in [0.29, 0.717) is 12.5 Å². The van der Waals surface area contributed by atoms with E-state index in [9.17, 15) is 4.79 Å². The van der Waals surface area contributed by atoms with Crippen LogP contribution in [0.1, 0.15) is 5.56 Å². The molecule has 0 radical (unpaired) electrons. The highest BCUT2D eigenvalue weighted by molar-refractivity contribution is 5.49. The number of hydrogen-bond acceptors (Lipinski definition) is 6. The Bertz CT molecular complexity index is 612. The van der Waals surface area contributed by atoms with Crippen molar-refractivity contribution in [2.75, 3.05) is 36.4 Å². The molecule has 1 saturated heterocycles. The van der Waals surface area contributed by atoms with E-state index in [1.165, 1.54) is 0 Å². The van der Waals surface area contributed by atoms with Crippen molar-refractivity contribution in [1.82, 2.24) is 19.9 Å². The molecule has 2 aromatic rings. The van der Waals surface area contributed by atoms with Crippen molar-refractivity contribution in [3.05, 3.63) is 42.4 Å². The Kier molecular flexibility index (Phi) is 4.43. The van der Waals surface area contributed by atoms with Crippen LogP contribution in [0.25, 0.3) is 0 Å². The third-order valence-electron chi connectivity index (χ3n) is 3.60. The van der Waals surface area contributed by atoms with Gasteiger partial charge in [-0.05, 0) is 17.7 Å².